The summed E-state index contributed by atoms with van der Waals surface area (Å²) >= 11 is 6.18. The largest absolute Gasteiger partial charge is 0.495 e. The van der Waals surface area contributed by atoms with Crippen molar-refractivity contribution in [3.63, 3.8) is 0 Å². The molecule has 2 aromatic rings. The molecule has 0 atom stereocenters. The Bertz CT molecular complexity index is 884. The van der Waals surface area contributed by atoms with Gasteiger partial charge in [0.15, 0.2) is 0 Å². The molecule has 0 saturated carbocycles. The van der Waals surface area contributed by atoms with Gasteiger partial charge in [0.05, 0.1) is 22.7 Å². The van der Waals surface area contributed by atoms with E-state index in [1.807, 2.05) is 13.8 Å². The van der Waals surface area contributed by atoms with Crippen molar-refractivity contribution in [2.75, 3.05) is 31.0 Å². The maximum atomic E-state index is 13.2. The van der Waals surface area contributed by atoms with Gasteiger partial charge in [0.25, 0.3) is 10.0 Å². The fourth-order valence-corrected chi connectivity index (χ4v) is 4.32. The van der Waals surface area contributed by atoms with Crippen LogP contribution >= 0.6 is 11.6 Å². The molecule has 27 heavy (non-hydrogen) atoms. The maximum Gasteiger partial charge on any atom is 0.264 e. The quantitative estimate of drug-likeness (QED) is 0.668. The highest BCUT2D eigenvalue weighted by Gasteiger charge is 2.28. The summed E-state index contributed by atoms with van der Waals surface area (Å²) in [6.45, 7) is 4.38. The first-order chi connectivity index (χ1) is 12.8. The summed E-state index contributed by atoms with van der Waals surface area (Å²) in [5.74, 6) is 0.138. The number of carbonyl (C=O) groups excluding carboxylic acids is 1. The highest BCUT2D eigenvalue weighted by atomic mass is 35.5. The molecule has 2 aromatic carbocycles. The standard InChI is InChI=1S/C19H23ClN2O4S/c1-4-21(5-2)19(23)14-22(15-11-12-18(26-3)17(20)13-15)27(24,25)16-9-7-6-8-10-16/h6-13H,4-5,14H2,1-3H3. The van der Waals surface area contributed by atoms with Crippen molar-refractivity contribution < 1.29 is 17.9 Å². The average Bonchev–Trinajstić information content (AvgIpc) is 2.67. The fraction of sp³-hybridized carbons (Fsp3) is 0.316. The Morgan fingerprint density at radius 3 is 2.22 bits per heavy atom. The number of rotatable bonds is 8. The van der Waals surface area contributed by atoms with Crippen LogP contribution in [0.5, 0.6) is 5.75 Å². The molecule has 0 fully saturated rings. The van der Waals surface area contributed by atoms with E-state index >= 15 is 0 Å². The zero-order valence-electron chi connectivity index (χ0n) is 15.6. The fourth-order valence-electron chi connectivity index (χ4n) is 2.64. The van der Waals surface area contributed by atoms with Gasteiger partial charge in [-0.15, -0.1) is 0 Å². The average molecular weight is 411 g/mol. The number of amides is 1. The molecule has 0 aromatic heterocycles. The van der Waals surface area contributed by atoms with E-state index in [9.17, 15) is 13.2 Å². The summed E-state index contributed by atoms with van der Waals surface area (Å²) in [6.07, 6.45) is 0. The molecule has 0 unspecified atom stereocenters. The summed E-state index contributed by atoms with van der Waals surface area (Å²) in [7, 11) is -2.47. The molecule has 6 nitrogen and oxygen atoms in total. The summed E-state index contributed by atoms with van der Waals surface area (Å²) in [6, 6.07) is 12.6. The van der Waals surface area contributed by atoms with E-state index in [1.54, 1.807) is 35.2 Å². The molecule has 0 bridgehead atoms. The molecule has 0 heterocycles. The van der Waals surface area contributed by atoms with Gasteiger partial charge in [-0.25, -0.2) is 8.42 Å². The van der Waals surface area contributed by atoms with Crippen molar-refractivity contribution in [1.82, 2.24) is 4.90 Å². The number of anilines is 1. The Hall–Kier alpha value is -2.25. The van der Waals surface area contributed by atoms with Gasteiger partial charge >= 0.3 is 0 Å². The Labute approximate surface area is 165 Å². The summed E-state index contributed by atoms with van der Waals surface area (Å²) in [5.41, 5.74) is 0.296. The first kappa shape index (κ1) is 21.1. The van der Waals surface area contributed by atoms with Crippen LogP contribution in [0.1, 0.15) is 13.8 Å². The topological polar surface area (TPSA) is 66.9 Å². The van der Waals surface area contributed by atoms with Gasteiger partial charge in [-0.1, -0.05) is 29.8 Å². The first-order valence-corrected chi connectivity index (χ1v) is 10.4. The van der Waals surface area contributed by atoms with Crippen LogP contribution in [0.2, 0.25) is 5.02 Å². The van der Waals surface area contributed by atoms with Crippen LogP contribution < -0.4 is 9.04 Å². The minimum absolute atomic E-state index is 0.101. The highest BCUT2D eigenvalue weighted by Crippen LogP contribution is 2.31. The third-order valence-corrected chi connectivity index (χ3v) is 6.23. The molecule has 2 rings (SSSR count). The molecule has 0 spiro atoms. The number of ether oxygens (including phenoxy) is 1. The number of likely N-dealkylation sites (N-methyl/N-ethyl adjacent to an activating group) is 1. The van der Waals surface area contributed by atoms with E-state index < -0.39 is 10.0 Å². The summed E-state index contributed by atoms with van der Waals surface area (Å²) in [5, 5.41) is 0.263. The Morgan fingerprint density at radius 1 is 1.07 bits per heavy atom. The molecule has 0 radical (unpaired) electrons. The summed E-state index contributed by atoms with van der Waals surface area (Å²) in [4.78, 5) is 14.3. The van der Waals surface area contributed by atoms with E-state index in [0.29, 0.717) is 24.5 Å². The Morgan fingerprint density at radius 2 is 1.70 bits per heavy atom. The predicted molar refractivity (Wildman–Crippen MR) is 107 cm³/mol. The van der Waals surface area contributed by atoms with Crippen molar-refractivity contribution in [3.05, 3.63) is 53.6 Å². The first-order valence-electron chi connectivity index (χ1n) is 8.54. The lowest BCUT2D eigenvalue weighted by molar-refractivity contribution is -0.129. The number of halogens is 1. The van der Waals surface area contributed by atoms with Gasteiger partial charge < -0.3 is 9.64 Å². The molecule has 0 aliphatic heterocycles. The molecule has 146 valence electrons. The molecule has 8 heteroatoms. The van der Waals surface area contributed by atoms with E-state index in [1.165, 1.54) is 25.3 Å². The molecular formula is C19H23ClN2O4S. The maximum absolute atomic E-state index is 13.2. The smallest absolute Gasteiger partial charge is 0.264 e. The monoisotopic (exact) mass is 410 g/mol. The number of carbonyl (C=O) groups is 1. The van der Waals surface area contributed by atoms with Gasteiger partial charge in [0.1, 0.15) is 12.3 Å². The van der Waals surface area contributed by atoms with Crippen LogP contribution in [0.25, 0.3) is 0 Å². The summed E-state index contributed by atoms with van der Waals surface area (Å²) < 4.78 is 32.6. The van der Waals surface area contributed by atoms with Crippen LogP contribution in [-0.2, 0) is 14.8 Å². The zero-order chi connectivity index (χ0) is 20.0. The highest BCUT2D eigenvalue weighted by molar-refractivity contribution is 7.92. The van der Waals surface area contributed by atoms with Crippen molar-refractivity contribution in [2.24, 2.45) is 0 Å². The van der Waals surface area contributed by atoms with E-state index in [-0.39, 0.29) is 22.4 Å². The normalized spacial score (nSPS) is 11.1. The van der Waals surface area contributed by atoms with Gasteiger partial charge in [-0.2, -0.15) is 0 Å². The minimum Gasteiger partial charge on any atom is -0.495 e. The molecule has 0 N–H and O–H groups in total. The molecule has 1 amide bonds. The Balaban J connectivity index is 2.52. The molecular weight excluding hydrogens is 388 g/mol. The third-order valence-electron chi connectivity index (χ3n) is 4.15. The van der Waals surface area contributed by atoms with Gasteiger partial charge in [0.2, 0.25) is 5.91 Å². The number of methoxy groups -OCH3 is 1. The van der Waals surface area contributed by atoms with Crippen molar-refractivity contribution in [1.29, 1.82) is 0 Å². The van der Waals surface area contributed by atoms with E-state index in [2.05, 4.69) is 0 Å². The van der Waals surface area contributed by atoms with Crippen LogP contribution in [0.15, 0.2) is 53.4 Å². The Kier molecular flexibility index (Phi) is 7.10. The molecule has 0 aliphatic carbocycles. The second-order valence-corrected chi connectivity index (χ2v) is 7.98. The SMILES string of the molecule is CCN(CC)C(=O)CN(c1ccc(OC)c(Cl)c1)S(=O)(=O)c1ccccc1. The van der Waals surface area contributed by atoms with Crippen molar-refractivity contribution in [2.45, 2.75) is 18.7 Å². The zero-order valence-corrected chi connectivity index (χ0v) is 17.1. The van der Waals surface area contributed by atoms with Crippen LogP contribution in [0.4, 0.5) is 5.69 Å². The van der Waals surface area contributed by atoms with Crippen LogP contribution in [0, 0.1) is 0 Å². The number of sulfonamides is 1. The van der Waals surface area contributed by atoms with E-state index in [4.69, 9.17) is 16.3 Å². The number of benzene rings is 2. The predicted octanol–water partition coefficient (Wildman–Crippen LogP) is 3.41. The van der Waals surface area contributed by atoms with Gasteiger partial charge in [-0.3, -0.25) is 9.10 Å². The lowest BCUT2D eigenvalue weighted by Crippen LogP contribution is -2.43. The molecule has 0 aliphatic rings. The second kappa shape index (κ2) is 9.10. The van der Waals surface area contributed by atoms with E-state index in [0.717, 1.165) is 4.31 Å². The van der Waals surface area contributed by atoms with Crippen molar-refractivity contribution >= 4 is 33.2 Å². The number of hydrogen-bond acceptors (Lipinski definition) is 4. The van der Waals surface area contributed by atoms with Crippen LogP contribution in [-0.4, -0.2) is 46.0 Å². The van der Waals surface area contributed by atoms with Crippen LogP contribution in [0.3, 0.4) is 0 Å². The second-order valence-electron chi connectivity index (χ2n) is 5.71. The number of hydrogen-bond donors (Lipinski definition) is 0. The molecule has 0 saturated heterocycles. The van der Waals surface area contributed by atoms with Gasteiger partial charge in [0, 0.05) is 13.1 Å². The van der Waals surface area contributed by atoms with Crippen molar-refractivity contribution in [3.8, 4) is 5.75 Å². The number of nitrogens with zero attached hydrogens (tertiary/aromatic N) is 2. The lowest BCUT2D eigenvalue weighted by atomic mass is 10.3. The minimum atomic E-state index is -3.95. The van der Waals surface area contributed by atoms with Gasteiger partial charge in [-0.05, 0) is 44.2 Å². The third kappa shape index (κ3) is 4.73. The lowest BCUT2D eigenvalue weighted by Gasteiger charge is -2.27.